The van der Waals surface area contributed by atoms with Crippen LogP contribution in [0.4, 0.5) is 5.69 Å². The van der Waals surface area contributed by atoms with E-state index in [0.717, 1.165) is 31.5 Å². The van der Waals surface area contributed by atoms with Gasteiger partial charge in [-0.2, -0.15) is 0 Å². The highest BCUT2D eigenvalue weighted by Crippen LogP contribution is 2.25. The number of carbonyl (C=O) groups is 1. The maximum Gasteiger partial charge on any atom is 0.225 e. The first-order valence-corrected chi connectivity index (χ1v) is 8.74. The average molecular weight is 322 g/mol. The van der Waals surface area contributed by atoms with Crippen LogP contribution >= 0.6 is 0 Å². The van der Waals surface area contributed by atoms with Gasteiger partial charge in [0.15, 0.2) is 0 Å². The van der Waals surface area contributed by atoms with E-state index in [1.807, 2.05) is 24.3 Å². The Kier molecular flexibility index (Phi) is 4.89. The number of rotatable bonds is 4. The van der Waals surface area contributed by atoms with Crippen LogP contribution < -0.4 is 10.2 Å². The molecule has 1 amide bonds. The number of benzene rings is 2. The Labute approximate surface area is 144 Å². The molecule has 1 fully saturated rings. The molecule has 1 aliphatic heterocycles. The first-order valence-electron chi connectivity index (χ1n) is 8.74. The van der Waals surface area contributed by atoms with Crippen LogP contribution in [-0.2, 0) is 10.3 Å². The fourth-order valence-corrected chi connectivity index (χ4v) is 3.40. The highest BCUT2D eigenvalue weighted by Gasteiger charge is 2.30. The summed E-state index contributed by atoms with van der Waals surface area (Å²) in [6.07, 6.45) is 2.01. The molecule has 1 aliphatic rings. The van der Waals surface area contributed by atoms with Gasteiger partial charge < -0.3 is 10.2 Å². The summed E-state index contributed by atoms with van der Waals surface area (Å²) in [6, 6.07) is 20.5. The Morgan fingerprint density at radius 2 is 1.67 bits per heavy atom. The lowest BCUT2D eigenvalue weighted by Gasteiger charge is -2.36. The summed E-state index contributed by atoms with van der Waals surface area (Å²) in [6.45, 7) is 5.95. The summed E-state index contributed by atoms with van der Waals surface area (Å²) >= 11 is 0. The van der Waals surface area contributed by atoms with E-state index in [-0.39, 0.29) is 17.4 Å². The molecule has 1 atom stereocenters. The molecule has 0 bridgehead atoms. The zero-order chi connectivity index (χ0) is 17.0. The lowest BCUT2D eigenvalue weighted by atomic mass is 9.91. The number of hydrogen-bond donors (Lipinski definition) is 1. The van der Waals surface area contributed by atoms with Gasteiger partial charge in [0.05, 0.1) is 11.5 Å². The van der Waals surface area contributed by atoms with Crippen molar-refractivity contribution in [2.75, 3.05) is 18.0 Å². The van der Waals surface area contributed by atoms with Gasteiger partial charge in [-0.25, -0.2) is 0 Å². The van der Waals surface area contributed by atoms with Crippen LogP contribution in [0.2, 0.25) is 0 Å². The second-order valence-electron chi connectivity index (χ2n) is 7.10. The first-order chi connectivity index (χ1) is 11.6. The lowest BCUT2D eigenvalue weighted by Crippen LogP contribution is -2.48. The average Bonchev–Trinajstić information content (AvgIpc) is 2.63. The van der Waals surface area contributed by atoms with E-state index >= 15 is 0 Å². The fourth-order valence-electron chi connectivity index (χ4n) is 3.40. The molecule has 24 heavy (non-hydrogen) atoms. The van der Waals surface area contributed by atoms with Crippen LogP contribution in [0, 0.1) is 5.92 Å². The van der Waals surface area contributed by atoms with Gasteiger partial charge in [0.2, 0.25) is 5.91 Å². The molecule has 2 aromatic carbocycles. The molecule has 1 saturated heterocycles. The molecular weight excluding hydrogens is 296 g/mol. The summed E-state index contributed by atoms with van der Waals surface area (Å²) in [5.41, 5.74) is 1.99. The Balaban J connectivity index is 1.66. The second kappa shape index (κ2) is 7.08. The Morgan fingerprint density at radius 3 is 2.33 bits per heavy atom. The van der Waals surface area contributed by atoms with Crippen LogP contribution in [0.25, 0.3) is 0 Å². The second-order valence-corrected chi connectivity index (χ2v) is 7.10. The molecule has 3 rings (SSSR count). The van der Waals surface area contributed by atoms with Gasteiger partial charge >= 0.3 is 0 Å². The van der Waals surface area contributed by atoms with Crippen molar-refractivity contribution in [2.45, 2.75) is 32.2 Å². The fraction of sp³-hybridized carbons (Fsp3) is 0.381. The molecule has 3 nitrogen and oxygen atoms in total. The summed E-state index contributed by atoms with van der Waals surface area (Å²) in [5, 5.41) is 3.25. The predicted molar refractivity (Wildman–Crippen MR) is 99.0 cm³/mol. The quantitative estimate of drug-likeness (QED) is 0.924. The molecule has 1 heterocycles. The molecule has 2 aromatic rings. The van der Waals surface area contributed by atoms with Gasteiger partial charge in [0.1, 0.15) is 0 Å². The van der Waals surface area contributed by atoms with E-state index < -0.39 is 0 Å². The standard InChI is InChI=1S/C21H26N2O/c1-21(2,18-11-5-3-6-12-18)22-20(24)17-10-9-15-23(16-17)19-13-7-4-8-14-19/h3-8,11-14,17H,9-10,15-16H2,1-2H3,(H,22,24)/t17-/m0/s1. The van der Waals surface area contributed by atoms with Crippen molar-refractivity contribution in [3.8, 4) is 0 Å². The maximum atomic E-state index is 12.8. The van der Waals surface area contributed by atoms with Crippen LogP contribution in [0.5, 0.6) is 0 Å². The Morgan fingerprint density at radius 1 is 1.04 bits per heavy atom. The Hall–Kier alpha value is -2.29. The SMILES string of the molecule is CC(C)(NC(=O)[C@H]1CCCN(c2ccccc2)C1)c1ccccc1. The van der Waals surface area contributed by atoms with Gasteiger partial charge in [-0.15, -0.1) is 0 Å². The minimum Gasteiger partial charge on any atom is -0.371 e. The largest absolute Gasteiger partial charge is 0.371 e. The summed E-state index contributed by atoms with van der Waals surface area (Å²) in [7, 11) is 0. The monoisotopic (exact) mass is 322 g/mol. The molecule has 126 valence electrons. The van der Waals surface area contributed by atoms with Crippen LogP contribution in [-0.4, -0.2) is 19.0 Å². The molecule has 0 spiro atoms. The van der Waals surface area contributed by atoms with E-state index in [9.17, 15) is 4.79 Å². The van der Waals surface area contributed by atoms with Gasteiger partial charge in [-0.05, 0) is 44.4 Å². The van der Waals surface area contributed by atoms with E-state index in [1.165, 1.54) is 5.69 Å². The van der Waals surface area contributed by atoms with Crippen molar-refractivity contribution in [3.63, 3.8) is 0 Å². The van der Waals surface area contributed by atoms with Crippen molar-refractivity contribution < 1.29 is 4.79 Å². The number of carbonyl (C=O) groups excluding carboxylic acids is 1. The third-order valence-electron chi connectivity index (χ3n) is 4.84. The molecule has 3 heteroatoms. The first kappa shape index (κ1) is 16.6. The topological polar surface area (TPSA) is 32.3 Å². The summed E-state index contributed by atoms with van der Waals surface area (Å²) < 4.78 is 0. The number of anilines is 1. The Bertz CT molecular complexity index is 667. The molecule has 0 aliphatic carbocycles. The number of nitrogens with one attached hydrogen (secondary N) is 1. The smallest absolute Gasteiger partial charge is 0.225 e. The highest BCUT2D eigenvalue weighted by atomic mass is 16.2. The summed E-state index contributed by atoms with van der Waals surface area (Å²) in [5.74, 6) is 0.200. The van der Waals surface area contributed by atoms with Gasteiger partial charge in [0.25, 0.3) is 0 Å². The highest BCUT2D eigenvalue weighted by molar-refractivity contribution is 5.80. The minimum absolute atomic E-state index is 0.0435. The maximum absolute atomic E-state index is 12.8. The zero-order valence-electron chi connectivity index (χ0n) is 14.5. The van der Waals surface area contributed by atoms with Crippen molar-refractivity contribution >= 4 is 11.6 Å². The van der Waals surface area contributed by atoms with Crippen LogP contribution in [0.3, 0.4) is 0 Å². The third kappa shape index (κ3) is 3.78. The number of nitrogens with zero attached hydrogens (tertiary/aromatic N) is 1. The number of hydrogen-bond acceptors (Lipinski definition) is 2. The normalized spacial score (nSPS) is 18.2. The van der Waals surface area contributed by atoms with E-state index in [1.54, 1.807) is 0 Å². The van der Waals surface area contributed by atoms with E-state index in [0.29, 0.717) is 0 Å². The molecule has 0 saturated carbocycles. The van der Waals surface area contributed by atoms with Gasteiger partial charge in [0, 0.05) is 18.8 Å². The molecule has 0 aromatic heterocycles. The molecule has 0 radical (unpaired) electrons. The number of amides is 1. The number of piperidine rings is 1. The van der Waals surface area contributed by atoms with Crippen LogP contribution in [0.1, 0.15) is 32.3 Å². The predicted octanol–water partition coefficient (Wildman–Crippen LogP) is 3.95. The van der Waals surface area contributed by atoms with Gasteiger partial charge in [-0.1, -0.05) is 48.5 Å². The van der Waals surface area contributed by atoms with Crippen molar-refractivity contribution in [2.24, 2.45) is 5.92 Å². The van der Waals surface area contributed by atoms with E-state index in [4.69, 9.17) is 0 Å². The number of para-hydroxylation sites is 1. The third-order valence-corrected chi connectivity index (χ3v) is 4.84. The lowest BCUT2D eigenvalue weighted by molar-refractivity contribution is -0.127. The minimum atomic E-state index is -0.354. The van der Waals surface area contributed by atoms with Gasteiger partial charge in [-0.3, -0.25) is 4.79 Å². The molecule has 1 N–H and O–H groups in total. The van der Waals surface area contributed by atoms with Crippen molar-refractivity contribution in [1.29, 1.82) is 0 Å². The van der Waals surface area contributed by atoms with Crippen molar-refractivity contribution in [1.82, 2.24) is 5.32 Å². The molecule has 0 unspecified atom stereocenters. The summed E-state index contributed by atoms with van der Waals surface area (Å²) in [4.78, 5) is 15.1. The van der Waals surface area contributed by atoms with E-state index in [2.05, 4.69) is 60.5 Å². The van der Waals surface area contributed by atoms with Crippen LogP contribution in [0.15, 0.2) is 60.7 Å². The van der Waals surface area contributed by atoms with Crippen molar-refractivity contribution in [3.05, 3.63) is 66.2 Å². The molecular formula is C21H26N2O. The zero-order valence-corrected chi connectivity index (χ0v) is 14.5.